The SMILES string of the molecule is O=C(NC1CCCCC1)[C@@H]1C[C@@H](O)CN1C1CCN(C(=O)c2n[nH]c(=O)c3ccccc23)CC1. The van der Waals surface area contributed by atoms with Gasteiger partial charge < -0.3 is 15.3 Å². The molecule has 3 heterocycles. The molecule has 0 spiro atoms. The van der Waals surface area contributed by atoms with Gasteiger partial charge >= 0.3 is 0 Å². The number of amides is 2. The van der Waals surface area contributed by atoms with Gasteiger partial charge in [0.15, 0.2) is 5.69 Å². The second kappa shape index (κ2) is 9.84. The Hall–Kier alpha value is -2.78. The summed E-state index contributed by atoms with van der Waals surface area (Å²) in [5.74, 6) is -0.162. The lowest BCUT2D eigenvalue weighted by atomic mass is 9.95. The van der Waals surface area contributed by atoms with Crippen molar-refractivity contribution in [1.82, 2.24) is 25.3 Å². The first-order chi connectivity index (χ1) is 16.5. The van der Waals surface area contributed by atoms with Crippen LogP contribution in [0.25, 0.3) is 10.8 Å². The molecule has 2 amide bonds. The van der Waals surface area contributed by atoms with E-state index in [1.165, 1.54) is 6.42 Å². The second-order valence-electron chi connectivity index (χ2n) is 9.92. The summed E-state index contributed by atoms with van der Waals surface area (Å²) < 4.78 is 0. The first-order valence-electron chi connectivity index (χ1n) is 12.5. The fourth-order valence-corrected chi connectivity index (χ4v) is 5.87. The molecule has 1 aliphatic carbocycles. The van der Waals surface area contributed by atoms with Gasteiger partial charge in [-0.2, -0.15) is 5.10 Å². The van der Waals surface area contributed by atoms with Crippen molar-refractivity contribution in [3.05, 3.63) is 40.3 Å². The molecule has 9 nitrogen and oxygen atoms in total. The van der Waals surface area contributed by atoms with E-state index in [4.69, 9.17) is 0 Å². The van der Waals surface area contributed by atoms with Crippen LogP contribution in [0.5, 0.6) is 0 Å². The van der Waals surface area contributed by atoms with E-state index in [-0.39, 0.29) is 41.2 Å². The number of aromatic amines is 1. The molecule has 2 saturated heterocycles. The molecule has 182 valence electrons. The zero-order valence-corrected chi connectivity index (χ0v) is 19.4. The number of fused-ring (bicyclic) bond motifs is 1. The monoisotopic (exact) mass is 467 g/mol. The Balaban J connectivity index is 1.24. The van der Waals surface area contributed by atoms with Crippen LogP contribution in [-0.4, -0.2) is 80.8 Å². The summed E-state index contributed by atoms with van der Waals surface area (Å²) in [5, 5.41) is 21.1. The smallest absolute Gasteiger partial charge is 0.274 e. The number of aromatic nitrogens is 2. The summed E-state index contributed by atoms with van der Waals surface area (Å²) in [4.78, 5) is 42.3. The molecule has 1 aromatic carbocycles. The van der Waals surface area contributed by atoms with E-state index in [0.717, 1.165) is 38.5 Å². The molecule has 3 fully saturated rings. The third-order valence-corrected chi connectivity index (χ3v) is 7.69. The van der Waals surface area contributed by atoms with Crippen LogP contribution in [0.2, 0.25) is 0 Å². The minimum atomic E-state index is -0.501. The van der Waals surface area contributed by atoms with E-state index in [0.29, 0.717) is 36.8 Å². The number of piperidine rings is 1. The van der Waals surface area contributed by atoms with Crippen molar-refractivity contribution < 1.29 is 14.7 Å². The summed E-state index contributed by atoms with van der Waals surface area (Å²) in [7, 11) is 0. The van der Waals surface area contributed by atoms with Crippen LogP contribution < -0.4 is 10.9 Å². The zero-order valence-electron chi connectivity index (χ0n) is 19.4. The van der Waals surface area contributed by atoms with E-state index in [9.17, 15) is 19.5 Å². The number of benzene rings is 1. The fraction of sp³-hybridized carbons (Fsp3) is 0.600. The van der Waals surface area contributed by atoms with Gasteiger partial charge in [0, 0.05) is 37.1 Å². The second-order valence-corrected chi connectivity index (χ2v) is 9.92. The topological polar surface area (TPSA) is 119 Å². The summed E-state index contributed by atoms with van der Waals surface area (Å²) in [5.41, 5.74) is -0.0500. The number of aliphatic hydroxyl groups is 1. The predicted octanol–water partition coefficient (Wildman–Crippen LogP) is 1.41. The molecule has 0 radical (unpaired) electrons. The van der Waals surface area contributed by atoms with Crippen molar-refractivity contribution in [3.63, 3.8) is 0 Å². The molecule has 1 saturated carbocycles. The summed E-state index contributed by atoms with van der Waals surface area (Å²) in [6.45, 7) is 1.58. The molecule has 3 N–H and O–H groups in total. The number of H-pyrrole nitrogens is 1. The molecule has 3 aliphatic rings. The normalized spacial score (nSPS) is 25.0. The third kappa shape index (κ3) is 4.59. The van der Waals surface area contributed by atoms with Crippen molar-refractivity contribution in [2.24, 2.45) is 0 Å². The summed E-state index contributed by atoms with van der Waals surface area (Å²) >= 11 is 0. The maximum atomic E-state index is 13.2. The average molecular weight is 468 g/mol. The lowest BCUT2D eigenvalue weighted by Crippen LogP contribution is -2.53. The Morgan fingerprint density at radius 3 is 2.47 bits per heavy atom. The van der Waals surface area contributed by atoms with Crippen molar-refractivity contribution in [3.8, 4) is 0 Å². The predicted molar refractivity (Wildman–Crippen MR) is 127 cm³/mol. The van der Waals surface area contributed by atoms with Crippen LogP contribution in [0.4, 0.5) is 0 Å². The molecule has 5 rings (SSSR count). The summed E-state index contributed by atoms with van der Waals surface area (Å²) in [6.07, 6.45) is 7.05. The molecular weight excluding hydrogens is 434 g/mol. The van der Waals surface area contributed by atoms with Crippen molar-refractivity contribution in [2.45, 2.75) is 75.6 Å². The number of hydrogen-bond donors (Lipinski definition) is 3. The molecule has 9 heteroatoms. The van der Waals surface area contributed by atoms with Crippen molar-refractivity contribution in [1.29, 1.82) is 0 Å². The zero-order chi connectivity index (χ0) is 23.7. The number of nitrogens with one attached hydrogen (secondary N) is 2. The summed E-state index contributed by atoms with van der Waals surface area (Å²) in [6, 6.07) is 7.08. The van der Waals surface area contributed by atoms with Gasteiger partial charge in [-0.15, -0.1) is 0 Å². The van der Waals surface area contributed by atoms with E-state index < -0.39 is 6.10 Å². The number of nitrogens with zero attached hydrogens (tertiary/aromatic N) is 3. The molecule has 0 unspecified atom stereocenters. The number of carbonyl (C=O) groups excluding carboxylic acids is 2. The minimum Gasteiger partial charge on any atom is -0.392 e. The van der Waals surface area contributed by atoms with Gasteiger partial charge in [0.1, 0.15) is 0 Å². The van der Waals surface area contributed by atoms with Gasteiger partial charge in [0.2, 0.25) is 5.91 Å². The minimum absolute atomic E-state index is 0.0332. The lowest BCUT2D eigenvalue weighted by molar-refractivity contribution is -0.127. The molecule has 2 aliphatic heterocycles. The molecule has 0 bridgehead atoms. The van der Waals surface area contributed by atoms with Crippen LogP contribution in [-0.2, 0) is 4.79 Å². The quantitative estimate of drug-likeness (QED) is 0.626. The number of carbonyl (C=O) groups is 2. The van der Waals surface area contributed by atoms with Gasteiger partial charge in [0.05, 0.1) is 17.5 Å². The maximum absolute atomic E-state index is 13.2. The Morgan fingerprint density at radius 2 is 1.74 bits per heavy atom. The van der Waals surface area contributed by atoms with Gasteiger partial charge in [-0.3, -0.25) is 19.3 Å². The van der Waals surface area contributed by atoms with Gasteiger partial charge in [-0.25, -0.2) is 5.10 Å². The number of likely N-dealkylation sites (tertiary alicyclic amines) is 2. The Labute approximate surface area is 198 Å². The van der Waals surface area contributed by atoms with Crippen molar-refractivity contribution >= 4 is 22.6 Å². The maximum Gasteiger partial charge on any atom is 0.274 e. The van der Waals surface area contributed by atoms with Crippen LogP contribution in [0, 0.1) is 0 Å². The average Bonchev–Trinajstić information content (AvgIpc) is 3.27. The Bertz CT molecular complexity index is 1100. The van der Waals surface area contributed by atoms with Crippen LogP contribution in [0.3, 0.4) is 0 Å². The fourth-order valence-electron chi connectivity index (χ4n) is 5.87. The number of rotatable bonds is 4. The molecular formula is C25H33N5O4. The third-order valence-electron chi connectivity index (χ3n) is 7.69. The van der Waals surface area contributed by atoms with E-state index >= 15 is 0 Å². The standard InChI is InChI=1S/C25H33N5O4/c31-18-14-21(24(33)26-16-6-2-1-3-7-16)30(15-18)17-10-12-29(13-11-17)25(34)22-19-8-4-5-9-20(19)23(32)28-27-22/h4-5,8-9,16-18,21,31H,1-3,6-7,10-15H2,(H,26,33)(H,28,32)/t18-,21+/m1/s1. The highest BCUT2D eigenvalue weighted by Gasteiger charge is 2.41. The Morgan fingerprint density at radius 1 is 1.03 bits per heavy atom. The van der Waals surface area contributed by atoms with Crippen LogP contribution in [0.15, 0.2) is 29.1 Å². The van der Waals surface area contributed by atoms with Gasteiger partial charge in [-0.1, -0.05) is 37.5 Å². The van der Waals surface area contributed by atoms with Crippen LogP contribution in [0.1, 0.15) is 61.9 Å². The van der Waals surface area contributed by atoms with Crippen molar-refractivity contribution in [2.75, 3.05) is 19.6 Å². The first kappa shape index (κ1) is 23.0. The van der Waals surface area contributed by atoms with E-state index in [1.54, 1.807) is 29.2 Å². The van der Waals surface area contributed by atoms with E-state index in [2.05, 4.69) is 20.4 Å². The van der Waals surface area contributed by atoms with Gasteiger partial charge in [-0.05, 0) is 38.2 Å². The van der Waals surface area contributed by atoms with E-state index in [1.807, 2.05) is 0 Å². The molecule has 2 atom stereocenters. The Kier molecular flexibility index (Phi) is 6.65. The lowest BCUT2D eigenvalue weighted by Gasteiger charge is -2.39. The van der Waals surface area contributed by atoms with Gasteiger partial charge in [0.25, 0.3) is 11.5 Å². The largest absolute Gasteiger partial charge is 0.392 e. The first-order valence-corrected chi connectivity index (χ1v) is 12.5. The number of hydrogen-bond acceptors (Lipinski definition) is 6. The molecule has 34 heavy (non-hydrogen) atoms. The highest BCUT2D eigenvalue weighted by molar-refractivity contribution is 6.04. The highest BCUT2D eigenvalue weighted by atomic mass is 16.3. The highest BCUT2D eigenvalue weighted by Crippen LogP contribution is 2.28. The number of aliphatic hydroxyl groups excluding tert-OH is 1. The van der Waals surface area contributed by atoms with Crippen LogP contribution >= 0.6 is 0 Å². The molecule has 2 aromatic rings. The molecule has 1 aromatic heterocycles. The number of β-amino-alcohol motifs (C(OH)–C–C–N with tert-alkyl or cyclic N) is 1.